The number of nitrogens with zero attached hydrogens (tertiary/aromatic N) is 3. The average molecular weight is 321 g/mol. The van der Waals surface area contributed by atoms with E-state index < -0.39 is 12.0 Å². The van der Waals surface area contributed by atoms with E-state index in [1.54, 1.807) is 0 Å². The van der Waals surface area contributed by atoms with Gasteiger partial charge in [-0.15, -0.1) is 0 Å². The van der Waals surface area contributed by atoms with E-state index in [1.807, 2.05) is 23.1 Å². The lowest BCUT2D eigenvalue weighted by Crippen LogP contribution is -2.49. The average Bonchev–Trinajstić information content (AvgIpc) is 2.95. The molecule has 0 radical (unpaired) electrons. The number of aliphatic carboxylic acids is 1. The summed E-state index contributed by atoms with van der Waals surface area (Å²) in [6.07, 6.45) is 1.42. The van der Waals surface area contributed by atoms with Crippen LogP contribution in [0.5, 0.6) is 0 Å². The first-order chi connectivity index (χ1) is 10.7. The molecule has 1 aliphatic rings. The van der Waals surface area contributed by atoms with E-state index in [1.165, 1.54) is 6.33 Å². The number of halogens is 1. The highest BCUT2D eigenvalue weighted by Gasteiger charge is 2.33. The molecule has 1 saturated heterocycles. The highest BCUT2D eigenvalue weighted by molar-refractivity contribution is 6.30. The molecule has 1 unspecified atom stereocenters. The molecule has 2 aromatic rings. The molecule has 1 fully saturated rings. The van der Waals surface area contributed by atoms with E-state index >= 15 is 0 Å². The van der Waals surface area contributed by atoms with Gasteiger partial charge in [-0.05, 0) is 12.1 Å². The summed E-state index contributed by atoms with van der Waals surface area (Å²) in [6, 6.07) is 9.35. The number of aromatic nitrogens is 2. The third kappa shape index (κ3) is 2.93. The van der Waals surface area contributed by atoms with E-state index in [-0.39, 0.29) is 5.15 Å². The largest absolute Gasteiger partial charge is 0.480 e. The van der Waals surface area contributed by atoms with Gasteiger partial charge in [-0.2, -0.15) is 0 Å². The Labute approximate surface area is 133 Å². The second kappa shape index (κ2) is 6.37. The number of carbonyl (C=O) groups is 1. The van der Waals surface area contributed by atoms with Crippen LogP contribution in [0.15, 0.2) is 36.7 Å². The SMILES string of the molecule is O=C(O)C(c1[nH]cnc1Cl)N1CCN(c2ccccc2)CC1. The van der Waals surface area contributed by atoms with Crippen molar-refractivity contribution in [1.29, 1.82) is 0 Å². The van der Waals surface area contributed by atoms with Crippen LogP contribution in [0, 0.1) is 0 Å². The number of para-hydroxylation sites is 1. The summed E-state index contributed by atoms with van der Waals surface area (Å²) in [7, 11) is 0. The first kappa shape index (κ1) is 14.9. The van der Waals surface area contributed by atoms with Gasteiger partial charge in [0.15, 0.2) is 11.2 Å². The number of hydrogen-bond donors (Lipinski definition) is 2. The summed E-state index contributed by atoms with van der Waals surface area (Å²) in [5.74, 6) is -0.917. The molecule has 116 valence electrons. The predicted molar refractivity (Wildman–Crippen MR) is 84.2 cm³/mol. The number of piperazine rings is 1. The number of nitrogens with one attached hydrogen (secondary N) is 1. The molecular formula is C15H17ClN4O2. The van der Waals surface area contributed by atoms with Crippen molar-refractivity contribution in [2.45, 2.75) is 6.04 Å². The summed E-state index contributed by atoms with van der Waals surface area (Å²) < 4.78 is 0. The second-order valence-corrected chi connectivity index (χ2v) is 5.56. The quantitative estimate of drug-likeness (QED) is 0.901. The van der Waals surface area contributed by atoms with Crippen LogP contribution in [-0.4, -0.2) is 52.1 Å². The summed E-state index contributed by atoms with van der Waals surface area (Å²) in [5.41, 5.74) is 1.61. The molecule has 1 aliphatic heterocycles. The molecule has 1 aromatic heterocycles. The van der Waals surface area contributed by atoms with Gasteiger partial charge >= 0.3 is 5.97 Å². The van der Waals surface area contributed by atoms with Gasteiger partial charge in [0.1, 0.15) is 0 Å². The van der Waals surface area contributed by atoms with Crippen LogP contribution >= 0.6 is 11.6 Å². The number of anilines is 1. The van der Waals surface area contributed by atoms with Gasteiger partial charge in [-0.3, -0.25) is 9.69 Å². The van der Waals surface area contributed by atoms with Crippen molar-refractivity contribution in [3.8, 4) is 0 Å². The Kier molecular flexibility index (Phi) is 4.31. The molecule has 1 atom stereocenters. The fourth-order valence-corrected chi connectivity index (χ4v) is 3.03. The molecule has 1 aromatic carbocycles. The number of hydrogen-bond acceptors (Lipinski definition) is 4. The molecule has 3 rings (SSSR count). The Balaban J connectivity index is 1.72. The molecule has 6 nitrogen and oxygen atoms in total. The zero-order chi connectivity index (χ0) is 15.5. The van der Waals surface area contributed by atoms with Gasteiger partial charge in [0.25, 0.3) is 0 Å². The molecule has 0 aliphatic carbocycles. The Morgan fingerprint density at radius 1 is 1.23 bits per heavy atom. The van der Waals surface area contributed by atoms with Gasteiger partial charge in [-0.25, -0.2) is 4.98 Å². The molecule has 0 saturated carbocycles. The maximum absolute atomic E-state index is 11.6. The minimum absolute atomic E-state index is 0.220. The van der Waals surface area contributed by atoms with Gasteiger partial charge in [-0.1, -0.05) is 29.8 Å². The molecule has 0 bridgehead atoms. The lowest BCUT2D eigenvalue weighted by molar-refractivity contribution is -0.143. The lowest BCUT2D eigenvalue weighted by atomic mass is 10.1. The van der Waals surface area contributed by atoms with Crippen molar-refractivity contribution in [2.24, 2.45) is 0 Å². The molecule has 0 spiro atoms. The molecule has 22 heavy (non-hydrogen) atoms. The van der Waals surface area contributed by atoms with E-state index in [2.05, 4.69) is 27.0 Å². The Morgan fingerprint density at radius 2 is 1.91 bits per heavy atom. The van der Waals surface area contributed by atoms with Gasteiger partial charge < -0.3 is 15.0 Å². The molecule has 2 heterocycles. The highest BCUT2D eigenvalue weighted by Crippen LogP contribution is 2.27. The fourth-order valence-electron chi connectivity index (χ4n) is 2.82. The second-order valence-electron chi connectivity index (χ2n) is 5.21. The predicted octanol–water partition coefficient (Wildman–Crippen LogP) is 2.01. The number of aromatic amines is 1. The van der Waals surface area contributed by atoms with Crippen LogP contribution in [0.25, 0.3) is 0 Å². The first-order valence-electron chi connectivity index (χ1n) is 7.12. The minimum Gasteiger partial charge on any atom is -0.480 e. The molecule has 7 heteroatoms. The number of imidazole rings is 1. The number of benzene rings is 1. The topological polar surface area (TPSA) is 72.5 Å². The maximum Gasteiger partial charge on any atom is 0.327 e. The number of H-pyrrole nitrogens is 1. The first-order valence-corrected chi connectivity index (χ1v) is 7.50. The van der Waals surface area contributed by atoms with Crippen LogP contribution in [-0.2, 0) is 4.79 Å². The highest BCUT2D eigenvalue weighted by atomic mass is 35.5. The summed E-state index contributed by atoms with van der Waals surface area (Å²) >= 11 is 5.98. The molecule has 2 N–H and O–H groups in total. The molecule has 0 amide bonds. The van der Waals surface area contributed by atoms with Crippen LogP contribution in [0.2, 0.25) is 5.15 Å². The zero-order valence-electron chi connectivity index (χ0n) is 11.9. The van der Waals surface area contributed by atoms with E-state index in [0.717, 1.165) is 18.8 Å². The Bertz CT molecular complexity index is 638. The van der Waals surface area contributed by atoms with Crippen LogP contribution in [0.1, 0.15) is 11.7 Å². The maximum atomic E-state index is 11.6. The minimum atomic E-state index is -0.917. The Hall–Kier alpha value is -2.05. The summed E-state index contributed by atoms with van der Waals surface area (Å²) in [5, 5.41) is 9.76. The van der Waals surface area contributed by atoms with E-state index in [0.29, 0.717) is 18.8 Å². The number of carboxylic acids is 1. The Morgan fingerprint density at radius 3 is 2.45 bits per heavy atom. The number of carboxylic acid groups (broad SMARTS) is 1. The number of rotatable bonds is 4. The van der Waals surface area contributed by atoms with Crippen molar-refractivity contribution in [3.05, 3.63) is 47.5 Å². The lowest BCUT2D eigenvalue weighted by Gasteiger charge is -2.38. The molecular weight excluding hydrogens is 304 g/mol. The van der Waals surface area contributed by atoms with Gasteiger partial charge in [0, 0.05) is 31.9 Å². The normalized spacial score (nSPS) is 17.4. The van der Waals surface area contributed by atoms with Crippen molar-refractivity contribution < 1.29 is 9.90 Å². The van der Waals surface area contributed by atoms with E-state index in [9.17, 15) is 9.90 Å². The third-order valence-corrected chi connectivity index (χ3v) is 4.23. The van der Waals surface area contributed by atoms with Crippen molar-refractivity contribution in [2.75, 3.05) is 31.1 Å². The van der Waals surface area contributed by atoms with E-state index in [4.69, 9.17) is 11.6 Å². The third-order valence-electron chi connectivity index (χ3n) is 3.93. The van der Waals surface area contributed by atoms with Gasteiger partial charge in [0.2, 0.25) is 0 Å². The van der Waals surface area contributed by atoms with Crippen LogP contribution in [0.3, 0.4) is 0 Å². The van der Waals surface area contributed by atoms with Crippen LogP contribution in [0.4, 0.5) is 5.69 Å². The zero-order valence-corrected chi connectivity index (χ0v) is 12.7. The summed E-state index contributed by atoms with van der Waals surface area (Å²) in [4.78, 5) is 22.5. The van der Waals surface area contributed by atoms with Crippen molar-refractivity contribution >= 4 is 23.3 Å². The van der Waals surface area contributed by atoms with Crippen molar-refractivity contribution in [3.63, 3.8) is 0 Å². The van der Waals surface area contributed by atoms with Gasteiger partial charge in [0.05, 0.1) is 12.0 Å². The fraction of sp³-hybridized carbons (Fsp3) is 0.333. The van der Waals surface area contributed by atoms with Crippen molar-refractivity contribution in [1.82, 2.24) is 14.9 Å². The monoisotopic (exact) mass is 320 g/mol. The summed E-state index contributed by atoms with van der Waals surface area (Å²) in [6.45, 7) is 2.86. The van der Waals surface area contributed by atoms with Crippen LogP contribution < -0.4 is 4.90 Å². The standard InChI is InChI=1S/C15H17ClN4O2/c16-14-12(17-10-18-14)13(15(21)22)20-8-6-19(7-9-20)11-4-2-1-3-5-11/h1-5,10,13H,6-9H2,(H,17,18)(H,21,22). The smallest absolute Gasteiger partial charge is 0.327 e.